The van der Waals surface area contributed by atoms with Crippen LogP contribution in [0.1, 0.15) is 17.3 Å². The Balaban J connectivity index is 2.08. The monoisotopic (exact) mass is 267 g/mol. The molecule has 1 saturated heterocycles. The Morgan fingerprint density at radius 2 is 2.00 bits per heavy atom. The molecule has 0 aliphatic carbocycles. The molecule has 18 heavy (non-hydrogen) atoms. The van der Waals surface area contributed by atoms with Gasteiger partial charge in [0.2, 0.25) is 0 Å². The summed E-state index contributed by atoms with van der Waals surface area (Å²) in [5.74, 6) is -0.0000743. The third-order valence-electron chi connectivity index (χ3n) is 3.35. The lowest BCUT2D eigenvalue weighted by atomic mass is 10.1. The van der Waals surface area contributed by atoms with Gasteiger partial charge in [0.1, 0.15) is 0 Å². The number of piperazine rings is 1. The van der Waals surface area contributed by atoms with Crippen molar-refractivity contribution < 1.29 is 4.79 Å². The number of nitrogens with zero attached hydrogens (tertiary/aromatic N) is 2. The molecule has 1 amide bonds. The van der Waals surface area contributed by atoms with E-state index in [-0.39, 0.29) is 5.91 Å². The van der Waals surface area contributed by atoms with Gasteiger partial charge in [0, 0.05) is 36.9 Å². The fourth-order valence-corrected chi connectivity index (χ4v) is 2.35. The van der Waals surface area contributed by atoms with E-state index in [0.717, 1.165) is 32.7 Å². The molecule has 1 heterocycles. The summed E-state index contributed by atoms with van der Waals surface area (Å²) in [4.78, 5) is 16.5. The molecule has 0 radical (unpaired) electrons. The van der Waals surface area contributed by atoms with Crippen molar-refractivity contribution >= 4 is 23.2 Å². The average molecular weight is 268 g/mol. The van der Waals surface area contributed by atoms with E-state index >= 15 is 0 Å². The minimum Gasteiger partial charge on any atom is -0.398 e. The summed E-state index contributed by atoms with van der Waals surface area (Å²) in [6, 6.07) is 5.02. The molecule has 4 nitrogen and oxygen atoms in total. The van der Waals surface area contributed by atoms with Gasteiger partial charge in [-0.1, -0.05) is 18.5 Å². The highest BCUT2D eigenvalue weighted by molar-refractivity contribution is 6.31. The number of anilines is 1. The Hall–Kier alpha value is -1.26. The first-order valence-corrected chi connectivity index (χ1v) is 6.56. The van der Waals surface area contributed by atoms with Gasteiger partial charge in [0.15, 0.2) is 0 Å². The van der Waals surface area contributed by atoms with Crippen LogP contribution in [0.2, 0.25) is 5.02 Å². The molecule has 0 spiro atoms. The van der Waals surface area contributed by atoms with Gasteiger partial charge in [-0.05, 0) is 24.7 Å². The number of carbonyl (C=O) groups excluding carboxylic acids is 1. The first-order chi connectivity index (χ1) is 8.61. The van der Waals surface area contributed by atoms with Crippen LogP contribution < -0.4 is 5.73 Å². The maximum Gasteiger partial charge on any atom is 0.256 e. The Labute approximate surface area is 112 Å². The van der Waals surface area contributed by atoms with Gasteiger partial charge in [-0.25, -0.2) is 0 Å². The predicted molar refractivity (Wildman–Crippen MR) is 73.9 cm³/mol. The van der Waals surface area contributed by atoms with Gasteiger partial charge in [-0.15, -0.1) is 0 Å². The number of nitrogen functional groups attached to an aromatic ring is 1. The number of carbonyl (C=O) groups is 1. The number of likely N-dealkylation sites (N-methyl/N-ethyl adjacent to an activating group) is 1. The van der Waals surface area contributed by atoms with Crippen LogP contribution in [-0.4, -0.2) is 48.4 Å². The van der Waals surface area contributed by atoms with Crippen molar-refractivity contribution in [2.24, 2.45) is 0 Å². The molecule has 2 N–H and O–H groups in total. The van der Waals surface area contributed by atoms with Crippen molar-refractivity contribution in [2.45, 2.75) is 6.92 Å². The summed E-state index contributed by atoms with van der Waals surface area (Å²) in [5.41, 5.74) is 6.84. The summed E-state index contributed by atoms with van der Waals surface area (Å²) in [6.45, 7) is 6.54. The topological polar surface area (TPSA) is 49.6 Å². The minimum absolute atomic E-state index is 0.0000743. The first-order valence-electron chi connectivity index (χ1n) is 6.18. The fraction of sp³-hybridized carbons (Fsp3) is 0.462. The molecule has 0 saturated carbocycles. The Kier molecular flexibility index (Phi) is 4.09. The standard InChI is InChI=1S/C13H18ClN3O/c1-2-16-5-7-17(8-6-16)13(18)11-4-3-10(14)9-12(11)15/h3-4,9H,2,5-8,15H2,1H3. The molecule has 0 bridgehead atoms. The van der Waals surface area contributed by atoms with Crippen LogP contribution in [0, 0.1) is 0 Å². The molecule has 98 valence electrons. The van der Waals surface area contributed by atoms with Gasteiger partial charge >= 0.3 is 0 Å². The number of amides is 1. The molecule has 1 fully saturated rings. The molecule has 1 aromatic rings. The molecular weight excluding hydrogens is 250 g/mol. The van der Waals surface area contributed by atoms with Gasteiger partial charge in [0.25, 0.3) is 5.91 Å². The van der Waals surface area contributed by atoms with E-state index in [0.29, 0.717) is 16.3 Å². The third-order valence-corrected chi connectivity index (χ3v) is 3.59. The van der Waals surface area contributed by atoms with Gasteiger partial charge in [-0.2, -0.15) is 0 Å². The maximum atomic E-state index is 12.3. The lowest BCUT2D eigenvalue weighted by Gasteiger charge is -2.34. The highest BCUT2D eigenvalue weighted by Gasteiger charge is 2.22. The average Bonchev–Trinajstić information content (AvgIpc) is 2.38. The summed E-state index contributed by atoms with van der Waals surface area (Å²) >= 11 is 5.83. The molecular formula is C13H18ClN3O. The second-order valence-corrected chi connectivity index (χ2v) is 4.89. The third kappa shape index (κ3) is 2.76. The van der Waals surface area contributed by atoms with Crippen LogP contribution in [0.4, 0.5) is 5.69 Å². The van der Waals surface area contributed by atoms with Gasteiger partial charge in [-0.3, -0.25) is 4.79 Å². The highest BCUT2D eigenvalue weighted by Crippen LogP contribution is 2.20. The maximum absolute atomic E-state index is 12.3. The van der Waals surface area contributed by atoms with Crippen LogP contribution in [0.25, 0.3) is 0 Å². The van der Waals surface area contributed by atoms with Crippen molar-refractivity contribution in [2.75, 3.05) is 38.5 Å². The number of nitrogens with two attached hydrogens (primary N) is 1. The fourth-order valence-electron chi connectivity index (χ4n) is 2.17. The van der Waals surface area contributed by atoms with Crippen LogP contribution in [0.3, 0.4) is 0 Å². The predicted octanol–water partition coefficient (Wildman–Crippen LogP) is 1.70. The van der Waals surface area contributed by atoms with Crippen LogP contribution in [0.15, 0.2) is 18.2 Å². The molecule has 0 atom stereocenters. The highest BCUT2D eigenvalue weighted by atomic mass is 35.5. The Morgan fingerprint density at radius 3 is 2.56 bits per heavy atom. The van der Waals surface area contributed by atoms with Crippen molar-refractivity contribution in [3.8, 4) is 0 Å². The summed E-state index contributed by atoms with van der Waals surface area (Å²) < 4.78 is 0. The van der Waals surface area contributed by atoms with E-state index in [4.69, 9.17) is 17.3 Å². The number of halogens is 1. The molecule has 1 aliphatic rings. The smallest absolute Gasteiger partial charge is 0.256 e. The number of benzene rings is 1. The van der Waals surface area contributed by atoms with E-state index in [1.54, 1.807) is 18.2 Å². The van der Waals surface area contributed by atoms with E-state index in [1.165, 1.54) is 0 Å². The van der Waals surface area contributed by atoms with Crippen molar-refractivity contribution in [1.82, 2.24) is 9.80 Å². The summed E-state index contributed by atoms with van der Waals surface area (Å²) in [6.07, 6.45) is 0. The van der Waals surface area contributed by atoms with Crippen LogP contribution >= 0.6 is 11.6 Å². The van der Waals surface area contributed by atoms with Crippen molar-refractivity contribution in [1.29, 1.82) is 0 Å². The zero-order chi connectivity index (χ0) is 13.1. The lowest BCUT2D eigenvalue weighted by Crippen LogP contribution is -2.48. The lowest BCUT2D eigenvalue weighted by molar-refractivity contribution is 0.0644. The second kappa shape index (κ2) is 5.59. The SMILES string of the molecule is CCN1CCN(C(=O)c2ccc(Cl)cc2N)CC1. The minimum atomic E-state index is -0.0000743. The number of hydrogen-bond acceptors (Lipinski definition) is 3. The molecule has 5 heteroatoms. The Bertz CT molecular complexity index is 442. The molecule has 0 aromatic heterocycles. The quantitative estimate of drug-likeness (QED) is 0.830. The van der Waals surface area contributed by atoms with Gasteiger partial charge < -0.3 is 15.5 Å². The van der Waals surface area contributed by atoms with E-state index in [1.807, 2.05) is 4.90 Å². The molecule has 2 rings (SSSR count). The second-order valence-electron chi connectivity index (χ2n) is 4.46. The Morgan fingerprint density at radius 1 is 1.33 bits per heavy atom. The zero-order valence-electron chi connectivity index (χ0n) is 10.5. The molecule has 1 aromatic carbocycles. The number of hydrogen-bond donors (Lipinski definition) is 1. The van der Waals surface area contributed by atoms with Gasteiger partial charge in [0.05, 0.1) is 5.56 Å². The molecule has 0 unspecified atom stereocenters. The van der Waals surface area contributed by atoms with Crippen LogP contribution in [0.5, 0.6) is 0 Å². The molecule has 1 aliphatic heterocycles. The summed E-state index contributed by atoms with van der Waals surface area (Å²) in [7, 11) is 0. The number of rotatable bonds is 2. The van der Waals surface area contributed by atoms with E-state index in [2.05, 4.69) is 11.8 Å². The first kappa shape index (κ1) is 13.2. The summed E-state index contributed by atoms with van der Waals surface area (Å²) in [5, 5.41) is 0.555. The van der Waals surface area contributed by atoms with Crippen molar-refractivity contribution in [3.05, 3.63) is 28.8 Å². The zero-order valence-corrected chi connectivity index (χ0v) is 11.3. The van der Waals surface area contributed by atoms with Crippen molar-refractivity contribution in [3.63, 3.8) is 0 Å². The van der Waals surface area contributed by atoms with E-state index in [9.17, 15) is 4.79 Å². The van der Waals surface area contributed by atoms with Crippen LogP contribution in [-0.2, 0) is 0 Å². The largest absolute Gasteiger partial charge is 0.398 e. The van der Waals surface area contributed by atoms with E-state index < -0.39 is 0 Å². The normalized spacial score (nSPS) is 16.9.